The van der Waals surface area contributed by atoms with Crippen molar-refractivity contribution >= 4 is 23.0 Å². The summed E-state index contributed by atoms with van der Waals surface area (Å²) in [6, 6.07) is 4.85. The smallest absolute Gasteiger partial charge is 0.299 e. The van der Waals surface area contributed by atoms with Crippen LogP contribution in [-0.4, -0.2) is 26.5 Å². The number of phenols is 1. The second-order valence-electron chi connectivity index (χ2n) is 10.7. The second-order valence-corrected chi connectivity index (χ2v) is 10.7. The zero-order chi connectivity index (χ0) is 27.8. The third-order valence-corrected chi connectivity index (χ3v) is 7.64. The number of nitro benzene ring substituents is 2. The molecule has 2 N–H and O–H groups in total. The van der Waals surface area contributed by atoms with E-state index >= 15 is 0 Å². The molecule has 2 atom stereocenters. The summed E-state index contributed by atoms with van der Waals surface area (Å²) in [5.41, 5.74) is 0.667. The normalized spacial score (nSPS) is 19.4. The molecule has 202 valence electrons. The molecule has 0 fully saturated rings. The van der Waals surface area contributed by atoms with Crippen LogP contribution in [0.2, 0.25) is 0 Å². The van der Waals surface area contributed by atoms with E-state index < -0.39 is 32.7 Å². The Morgan fingerprint density at radius 1 is 1.18 bits per heavy atom. The van der Waals surface area contributed by atoms with Crippen LogP contribution < -0.4 is 10.1 Å². The number of allylic oxidation sites excluding steroid dienone is 2. The van der Waals surface area contributed by atoms with Crippen LogP contribution in [0.5, 0.6) is 11.5 Å². The van der Waals surface area contributed by atoms with Crippen molar-refractivity contribution in [3.63, 3.8) is 0 Å². The number of nitrogens with one attached hydrogen (secondary N) is 1. The highest BCUT2D eigenvalue weighted by molar-refractivity contribution is 6.09. The molecule has 0 unspecified atom stereocenters. The van der Waals surface area contributed by atoms with Crippen LogP contribution in [0.1, 0.15) is 87.2 Å². The van der Waals surface area contributed by atoms with Gasteiger partial charge in [0.25, 0.3) is 17.3 Å². The molecule has 2 aromatic rings. The maximum Gasteiger partial charge on any atom is 0.299 e. The molecule has 2 aliphatic rings. The number of unbranched alkanes of at least 4 members (excludes halogenated alkanes) is 2. The van der Waals surface area contributed by atoms with Crippen LogP contribution >= 0.6 is 0 Å². The SMILES string of the molecule is CCCCCc1cc2c(c(O)c1C(=O)Nc1ccc([N+](=O)[O-])cc1[N+](=O)[O-])[C@@H]1C=C(C)CC[C@H]1C(C)(C)O2. The number of hydrogen-bond donors (Lipinski definition) is 2. The van der Waals surface area contributed by atoms with Gasteiger partial charge in [-0.3, -0.25) is 25.0 Å². The number of nitrogens with zero attached hydrogens (tertiary/aromatic N) is 2. The van der Waals surface area contributed by atoms with Gasteiger partial charge in [0, 0.05) is 23.5 Å². The molecule has 4 rings (SSSR count). The van der Waals surface area contributed by atoms with E-state index in [1.807, 2.05) is 19.9 Å². The van der Waals surface area contributed by atoms with E-state index in [0.29, 0.717) is 23.3 Å². The molecule has 10 nitrogen and oxygen atoms in total. The molecule has 2 aromatic carbocycles. The van der Waals surface area contributed by atoms with Crippen molar-refractivity contribution in [2.75, 3.05) is 5.32 Å². The number of non-ortho nitro benzene ring substituents is 1. The number of carbonyl (C=O) groups is 1. The van der Waals surface area contributed by atoms with Crippen LogP contribution in [0.3, 0.4) is 0 Å². The van der Waals surface area contributed by atoms with Crippen LogP contribution in [0.15, 0.2) is 35.9 Å². The Morgan fingerprint density at radius 3 is 2.58 bits per heavy atom. The van der Waals surface area contributed by atoms with Crippen LogP contribution in [0.25, 0.3) is 0 Å². The minimum Gasteiger partial charge on any atom is -0.507 e. The van der Waals surface area contributed by atoms with Crippen LogP contribution in [0, 0.1) is 26.1 Å². The summed E-state index contributed by atoms with van der Waals surface area (Å²) in [7, 11) is 0. The van der Waals surface area contributed by atoms with Gasteiger partial charge in [-0.25, -0.2) is 0 Å². The second kappa shape index (κ2) is 10.4. The number of anilines is 1. The molecule has 0 radical (unpaired) electrons. The average molecular weight is 524 g/mol. The summed E-state index contributed by atoms with van der Waals surface area (Å²) in [5, 5.41) is 36.9. The minimum atomic E-state index is -0.784. The molecular formula is C28H33N3O7. The van der Waals surface area contributed by atoms with Gasteiger partial charge in [0.15, 0.2) is 0 Å². The van der Waals surface area contributed by atoms with E-state index in [1.54, 1.807) is 0 Å². The van der Waals surface area contributed by atoms with E-state index in [-0.39, 0.29) is 28.8 Å². The third kappa shape index (κ3) is 5.07. The first kappa shape index (κ1) is 27.1. The molecule has 1 aliphatic heterocycles. The highest BCUT2D eigenvalue weighted by Crippen LogP contribution is 2.54. The molecule has 0 bridgehead atoms. The van der Waals surface area contributed by atoms with Gasteiger partial charge in [-0.2, -0.15) is 0 Å². The van der Waals surface area contributed by atoms with Crippen LogP contribution in [-0.2, 0) is 6.42 Å². The number of fused-ring (bicyclic) bond motifs is 3. The molecule has 10 heteroatoms. The van der Waals surface area contributed by atoms with E-state index in [0.717, 1.165) is 50.3 Å². The number of carbonyl (C=O) groups excluding carboxylic acids is 1. The molecule has 0 saturated carbocycles. The topological polar surface area (TPSA) is 145 Å². The monoisotopic (exact) mass is 523 g/mol. The minimum absolute atomic E-state index is 0.0474. The largest absolute Gasteiger partial charge is 0.507 e. The summed E-state index contributed by atoms with van der Waals surface area (Å²) in [5.74, 6) is -0.405. The first-order valence-corrected chi connectivity index (χ1v) is 12.9. The van der Waals surface area contributed by atoms with Crippen molar-refractivity contribution < 1.29 is 24.5 Å². The zero-order valence-electron chi connectivity index (χ0n) is 22.1. The molecule has 38 heavy (non-hydrogen) atoms. The maximum absolute atomic E-state index is 13.6. The first-order chi connectivity index (χ1) is 17.9. The van der Waals surface area contributed by atoms with Gasteiger partial charge >= 0.3 is 0 Å². The number of amides is 1. The maximum atomic E-state index is 13.6. The third-order valence-electron chi connectivity index (χ3n) is 7.64. The molecular weight excluding hydrogens is 490 g/mol. The number of nitro groups is 2. The van der Waals surface area contributed by atoms with Crippen molar-refractivity contribution in [3.8, 4) is 11.5 Å². The fraction of sp³-hybridized carbons (Fsp3) is 0.464. The standard InChI is InChI=1S/C28H33N3O7/c1-5-6-7-8-17-14-23-25(19-13-16(2)9-11-20(19)28(3,4)38-23)26(32)24(17)27(33)29-21-12-10-18(30(34)35)15-22(21)31(36)37/h10,12-15,19-20,32H,5-9,11H2,1-4H3,(H,29,33)/t19-,20-/m1/s1. The lowest BCUT2D eigenvalue weighted by molar-refractivity contribution is -0.393. The number of rotatable bonds is 8. The lowest BCUT2D eigenvalue weighted by Gasteiger charge is -2.46. The Bertz CT molecular complexity index is 1330. The highest BCUT2D eigenvalue weighted by atomic mass is 16.6. The van der Waals surface area contributed by atoms with Crippen molar-refractivity contribution in [3.05, 3.63) is 72.8 Å². The number of aryl methyl sites for hydroxylation is 1. The van der Waals surface area contributed by atoms with Crippen LogP contribution in [0.4, 0.5) is 17.1 Å². The van der Waals surface area contributed by atoms with Gasteiger partial charge in [0.05, 0.1) is 21.5 Å². The number of benzene rings is 2. The number of hydrogen-bond acceptors (Lipinski definition) is 7. The van der Waals surface area contributed by atoms with Gasteiger partial charge in [0.1, 0.15) is 22.8 Å². The molecule has 0 aromatic heterocycles. The predicted octanol–water partition coefficient (Wildman–Crippen LogP) is 6.80. The Hall–Kier alpha value is -3.95. The van der Waals surface area contributed by atoms with E-state index in [1.165, 1.54) is 5.57 Å². The summed E-state index contributed by atoms with van der Waals surface area (Å²) < 4.78 is 6.42. The number of aromatic hydroxyl groups is 1. The summed E-state index contributed by atoms with van der Waals surface area (Å²) in [4.78, 5) is 34.8. The summed E-state index contributed by atoms with van der Waals surface area (Å²) >= 11 is 0. The van der Waals surface area contributed by atoms with Gasteiger partial charge in [-0.1, -0.05) is 31.4 Å². The highest BCUT2D eigenvalue weighted by Gasteiger charge is 2.46. The summed E-state index contributed by atoms with van der Waals surface area (Å²) in [6.07, 6.45) is 7.12. The van der Waals surface area contributed by atoms with E-state index in [9.17, 15) is 30.1 Å². The van der Waals surface area contributed by atoms with Gasteiger partial charge < -0.3 is 15.2 Å². The van der Waals surface area contributed by atoms with Gasteiger partial charge in [-0.15, -0.1) is 0 Å². The van der Waals surface area contributed by atoms with E-state index in [2.05, 4.69) is 25.2 Å². The predicted molar refractivity (Wildman–Crippen MR) is 143 cm³/mol. The van der Waals surface area contributed by atoms with E-state index in [4.69, 9.17) is 4.74 Å². The fourth-order valence-electron chi connectivity index (χ4n) is 5.70. The zero-order valence-corrected chi connectivity index (χ0v) is 22.1. The lowest BCUT2D eigenvalue weighted by Crippen LogP contribution is -2.45. The Kier molecular flexibility index (Phi) is 7.44. The van der Waals surface area contributed by atoms with Gasteiger partial charge in [0.2, 0.25) is 0 Å². The summed E-state index contributed by atoms with van der Waals surface area (Å²) in [6.45, 7) is 8.21. The molecule has 1 heterocycles. The Balaban J connectivity index is 1.83. The lowest BCUT2D eigenvalue weighted by atomic mass is 9.67. The quantitative estimate of drug-likeness (QED) is 0.167. The Labute approximate surface area is 221 Å². The van der Waals surface area contributed by atoms with Crippen molar-refractivity contribution in [2.45, 2.75) is 77.7 Å². The van der Waals surface area contributed by atoms with Gasteiger partial charge in [-0.05, 0) is 64.2 Å². The average Bonchev–Trinajstić information content (AvgIpc) is 2.83. The van der Waals surface area contributed by atoms with Crippen molar-refractivity contribution in [1.29, 1.82) is 0 Å². The molecule has 0 spiro atoms. The fourth-order valence-corrected chi connectivity index (χ4v) is 5.70. The number of ether oxygens (including phenoxy) is 1. The Morgan fingerprint density at radius 2 is 1.92 bits per heavy atom. The van der Waals surface area contributed by atoms with Crippen molar-refractivity contribution in [1.82, 2.24) is 0 Å². The van der Waals surface area contributed by atoms with Crippen molar-refractivity contribution in [2.24, 2.45) is 5.92 Å². The molecule has 1 amide bonds. The first-order valence-electron chi connectivity index (χ1n) is 12.9. The number of phenolic OH excluding ortho intramolecular Hbond substituents is 1. The molecule has 1 aliphatic carbocycles. The molecule has 0 saturated heterocycles.